The molecule has 2 heterocycles. The number of halogens is 1. The van der Waals surface area contributed by atoms with Crippen molar-refractivity contribution in [2.45, 2.75) is 44.8 Å². The van der Waals surface area contributed by atoms with Gasteiger partial charge in [-0.2, -0.15) is 4.98 Å². The summed E-state index contributed by atoms with van der Waals surface area (Å²) in [5.74, 6) is 2.00. The molecule has 4 rings (SSSR count). The van der Waals surface area contributed by atoms with Gasteiger partial charge in [-0.05, 0) is 44.7 Å². The van der Waals surface area contributed by atoms with E-state index in [4.69, 9.17) is 9.47 Å². The van der Waals surface area contributed by atoms with Gasteiger partial charge >= 0.3 is 0 Å². The number of fused-ring (bicyclic) bond motifs is 1. The van der Waals surface area contributed by atoms with Crippen molar-refractivity contribution >= 4 is 27.0 Å². The minimum absolute atomic E-state index is 0.0693. The van der Waals surface area contributed by atoms with Crippen molar-refractivity contribution in [3.05, 3.63) is 51.2 Å². The number of hydrogen-bond acceptors (Lipinski definition) is 6. The van der Waals surface area contributed by atoms with Gasteiger partial charge in [0.2, 0.25) is 5.88 Å². The van der Waals surface area contributed by atoms with E-state index in [1.165, 1.54) is 6.20 Å². The van der Waals surface area contributed by atoms with Crippen molar-refractivity contribution in [2.24, 2.45) is 7.05 Å². The Balaban J connectivity index is 1.46. The molecule has 1 saturated carbocycles. The first-order valence-corrected chi connectivity index (χ1v) is 10.1. The SMILES string of the molecule is Cc1nccc(OC2CCC(Oc3cc(Br)cc4ncc(=O)n(C)c34)CC2)n1. The maximum Gasteiger partial charge on any atom is 0.269 e. The highest BCUT2D eigenvalue weighted by Crippen LogP contribution is 2.32. The molecule has 0 spiro atoms. The summed E-state index contributed by atoms with van der Waals surface area (Å²) in [6, 6.07) is 5.57. The van der Waals surface area contributed by atoms with Crippen LogP contribution >= 0.6 is 15.9 Å². The van der Waals surface area contributed by atoms with E-state index in [1.807, 2.05) is 19.1 Å². The fourth-order valence-corrected chi connectivity index (χ4v) is 3.95. The number of benzene rings is 1. The predicted molar refractivity (Wildman–Crippen MR) is 109 cm³/mol. The minimum Gasteiger partial charge on any atom is -0.488 e. The fraction of sp³-hybridized carbons (Fsp3) is 0.400. The largest absolute Gasteiger partial charge is 0.488 e. The molecule has 7 nitrogen and oxygen atoms in total. The molecule has 1 fully saturated rings. The van der Waals surface area contributed by atoms with Crippen LogP contribution in [0.1, 0.15) is 31.5 Å². The standard InChI is InChI=1S/C20H21BrN4O3/c1-12-22-8-7-18(24-12)28-15-5-3-14(4-6-15)27-17-10-13(21)9-16-20(17)25(2)19(26)11-23-16/h7-11,14-15H,3-6H2,1-2H3. The smallest absolute Gasteiger partial charge is 0.269 e. The highest BCUT2D eigenvalue weighted by atomic mass is 79.9. The fourth-order valence-electron chi connectivity index (χ4n) is 3.53. The maximum atomic E-state index is 12.0. The molecule has 0 N–H and O–H groups in total. The Morgan fingerprint density at radius 3 is 2.54 bits per heavy atom. The zero-order valence-electron chi connectivity index (χ0n) is 15.8. The van der Waals surface area contributed by atoms with Gasteiger partial charge in [0.25, 0.3) is 5.56 Å². The number of rotatable bonds is 4. The van der Waals surface area contributed by atoms with E-state index >= 15 is 0 Å². The molecule has 0 aliphatic heterocycles. The quantitative estimate of drug-likeness (QED) is 0.611. The van der Waals surface area contributed by atoms with Gasteiger partial charge in [-0.3, -0.25) is 4.79 Å². The number of aromatic nitrogens is 4. The summed E-state index contributed by atoms with van der Waals surface area (Å²) in [5, 5.41) is 0. The van der Waals surface area contributed by atoms with Crippen molar-refractivity contribution < 1.29 is 9.47 Å². The molecule has 146 valence electrons. The molecule has 1 aliphatic rings. The average molecular weight is 445 g/mol. The third-order valence-electron chi connectivity index (χ3n) is 4.95. The lowest BCUT2D eigenvalue weighted by atomic mass is 9.95. The molecule has 8 heteroatoms. The molecule has 0 radical (unpaired) electrons. The first-order chi connectivity index (χ1) is 13.5. The Morgan fingerprint density at radius 1 is 1.11 bits per heavy atom. The number of nitrogens with zero attached hydrogens (tertiary/aromatic N) is 4. The summed E-state index contributed by atoms with van der Waals surface area (Å²) in [6.07, 6.45) is 6.75. The van der Waals surface area contributed by atoms with Crippen molar-refractivity contribution in [3.8, 4) is 11.6 Å². The molecule has 3 aromatic rings. The van der Waals surface area contributed by atoms with Gasteiger partial charge in [-0.1, -0.05) is 15.9 Å². The third kappa shape index (κ3) is 4.01. The van der Waals surface area contributed by atoms with E-state index in [9.17, 15) is 4.79 Å². The van der Waals surface area contributed by atoms with Gasteiger partial charge in [0.15, 0.2) is 0 Å². The van der Waals surface area contributed by atoms with Crippen LogP contribution in [0.2, 0.25) is 0 Å². The number of ether oxygens (including phenoxy) is 2. The van der Waals surface area contributed by atoms with Crippen LogP contribution in [0.5, 0.6) is 11.6 Å². The van der Waals surface area contributed by atoms with Gasteiger partial charge in [0.1, 0.15) is 23.2 Å². The summed E-state index contributed by atoms with van der Waals surface area (Å²) in [5.41, 5.74) is 1.28. The highest BCUT2D eigenvalue weighted by Gasteiger charge is 2.25. The summed E-state index contributed by atoms with van der Waals surface area (Å²) in [4.78, 5) is 24.7. The second kappa shape index (κ2) is 7.87. The Morgan fingerprint density at radius 2 is 1.82 bits per heavy atom. The van der Waals surface area contributed by atoms with Crippen LogP contribution in [0.25, 0.3) is 11.0 Å². The first-order valence-electron chi connectivity index (χ1n) is 9.28. The zero-order chi connectivity index (χ0) is 19.7. The van der Waals surface area contributed by atoms with Crippen LogP contribution in [0.4, 0.5) is 0 Å². The summed E-state index contributed by atoms with van der Waals surface area (Å²) in [7, 11) is 1.74. The molecule has 1 aliphatic carbocycles. The molecule has 1 aromatic carbocycles. The molecule has 28 heavy (non-hydrogen) atoms. The van der Waals surface area contributed by atoms with Crippen LogP contribution in [0.15, 0.2) is 39.9 Å². The number of aryl methyl sites for hydroxylation is 2. The van der Waals surface area contributed by atoms with E-state index in [-0.39, 0.29) is 17.8 Å². The summed E-state index contributed by atoms with van der Waals surface area (Å²) < 4.78 is 14.7. The van der Waals surface area contributed by atoms with E-state index < -0.39 is 0 Å². The van der Waals surface area contributed by atoms with Crippen molar-refractivity contribution in [3.63, 3.8) is 0 Å². The van der Waals surface area contributed by atoms with Crippen LogP contribution in [-0.4, -0.2) is 31.7 Å². The molecular formula is C20H21BrN4O3. The van der Waals surface area contributed by atoms with Crippen LogP contribution in [0.3, 0.4) is 0 Å². The molecule has 0 bridgehead atoms. The van der Waals surface area contributed by atoms with Gasteiger partial charge in [0.05, 0.1) is 17.8 Å². The van der Waals surface area contributed by atoms with E-state index in [0.29, 0.717) is 23.0 Å². The van der Waals surface area contributed by atoms with Gasteiger partial charge < -0.3 is 14.0 Å². The molecule has 0 amide bonds. The predicted octanol–water partition coefficient (Wildman–Crippen LogP) is 3.56. The van der Waals surface area contributed by atoms with Crippen molar-refractivity contribution in [1.82, 2.24) is 19.5 Å². The Kier molecular flexibility index (Phi) is 5.30. The Labute approximate surface area is 170 Å². The van der Waals surface area contributed by atoms with Crippen LogP contribution < -0.4 is 15.0 Å². The average Bonchev–Trinajstić information content (AvgIpc) is 2.66. The normalized spacial score (nSPS) is 19.5. The second-order valence-electron chi connectivity index (χ2n) is 7.00. The summed E-state index contributed by atoms with van der Waals surface area (Å²) in [6.45, 7) is 1.85. The van der Waals surface area contributed by atoms with E-state index in [1.54, 1.807) is 23.9 Å². The third-order valence-corrected chi connectivity index (χ3v) is 5.41. The second-order valence-corrected chi connectivity index (χ2v) is 7.92. The van der Waals surface area contributed by atoms with Gasteiger partial charge in [-0.25, -0.2) is 9.97 Å². The van der Waals surface area contributed by atoms with Crippen LogP contribution in [0, 0.1) is 6.92 Å². The lowest BCUT2D eigenvalue weighted by molar-refractivity contribution is 0.0784. The van der Waals surface area contributed by atoms with Crippen molar-refractivity contribution in [1.29, 1.82) is 0 Å². The number of hydrogen-bond donors (Lipinski definition) is 0. The van der Waals surface area contributed by atoms with Gasteiger partial charge in [-0.15, -0.1) is 0 Å². The van der Waals surface area contributed by atoms with Crippen molar-refractivity contribution in [2.75, 3.05) is 0 Å². The zero-order valence-corrected chi connectivity index (χ0v) is 17.3. The topological polar surface area (TPSA) is 79.1 Å². The monoisotopic (exact) mass is 444 g/mol. The molecular weight excluding hydrogens is 424 g/mol. The van der Waals surface area contributed by atoms with Gasteiger partial charge in [0, 0.05) is 23.8 Å². The Bertz CT molecular complexity index is 1060. The molecule has 0 atom stereocenters. The molecule has 2 aromatic heterocycles. The Hall–Kier alpha value is -2.48. The van der Waals surface area contributed by atoms with E-state index in [2.05, 4.69) is 30.9 Å². The lowest BCUT2D eigenvalue weighted by Gasteiger charge is -2.29. The summed E-state index contributed by atoms with van der Waals surface area (Å²) >= 11 is 3.50. The van der Waals surface area contributed by atoms with Crippen LogP contribution in [-0.2, 0) is 7.05 Å². The van der Waals surface area contributed by atoms with E-state index in [0.717, 1.165) is 35.7 Å². The molecule has 0 saturated heterocycles. The first kappa shape index (κ1) is 18.9. The molecule has 0 unspecified atom stereocenters. The lowest BCUT2D eigenvalue weighted by Crippen LogP contribution is -2.30. The minimum atomic E-state index is -0.156. The highest BCUT2D eigenvalue weighted by molar-refractivity contribution is 9.10. The maximum absolute atomic E-state index is 12.0.